The number of anilines is 1. The predicted molar refractivity (Wildman–Crippen MR) is 197 cm³/mol. The maximum Gasteiger partial charge on any atom is 0.145 e. The van der Waals surface area contributed by atoms with E-state index >= 15 is 0 Å². The quantitative estimate of drug-likeness (QED) is 0.201. The normalized spacial score (nSPS) is 17.7. The van der Waals surface area contributed by atoms with E-state index in [1.54, 1.807) is 0 Å². The zero-order valence-corrected chi connectivity index (χ0v) is 26.7. The lowest BCUT2D eigenvalue weighted by Crippen LogP contribution is -2.25. The number of allylic oxidation sites excluding steroid dienone is 1. The number of hydrogen-bond donors (Lipinski definition) is 2. The van der Waals surface area contributed by atoms with Crippen LogP contribution < -0.4 is 10.6 Å². The van der Waals surface area contributed by atoms with E-state index in [0.29, 0.717) is 0 Å². The number of nitrogens with zero attached hydrogens (tertiary/aromatic N) is 1. The molecule has 9 rings (SSSR count). The fourth-order valence-corrected chi connectivity index (χ4v) is 8.20. The third kappa shape index (κ3) is 5.25. The molecule has 0 radical (unpaired) electrons. The van der Waals surface area contributed by atoms with Crippen molar-refractivity contribution in [3.05, 3.63) is 185 Å². The minimum Gasteiger partial charge on any atom is -0.368 e. The van der Waals surface area contributed by atoms with Crippen LogP contribution in [-0.2, 0) is 12.8 Å². The van der Waals surface area contributed by atoms with Crippen molar-refractivity contribution in [2.24, 2.45) is 4.99 Å². The Balaban J connectivity index is 1.07. The molecule has 226 valence electrons. The van der Waals surface area contributed by atoms with Crippen LogP contribution in [0, 0.1) is 0 Å². The number of benzene rings is 6. The molecule has 2 N–H and O–H groups in total. The topological polar surface area (TPSA) is 36.4 Å². The molecule has 6 aromatic rings. The molecule has 0 amide bonds. The molecule has 47 heavy (non-hydrogen) atoms. The first-order chi connectivity index (χ1) is 23.3. The van der Waals surface area contributed by atoms with E-state index in [4.69, 9.17) is 4.99 Å². The molecule has 0 spiro atoms. The second-order valence-corrected chi connectivity index (χ2v) is 13.5. The van der Waals surface area contributed by atoms with Crippen molar-refractivity contribution in [3.63, 3.8) is 0 Å². The van der Waals surface area contributed by atoms with Crippen LogP contribution >= 0.6 is 11.8 Å². The Morgan fingerprint density at radius 3 is 1.98 bits per heavy atom. The van der Waals surface area contributed by atoms with Gasteiger partial charge >= 0.3 is 0 Å². The second kappa shape index (κ2) is 11.8. The van der Waals surface area contributed by atoms with Gasteiger partial charge in [-0.2, -0.15) is 0 Å². The summed E-state index contributed by atoms with van der Waals surface area (Å²) in [5, 5.41) is 7.88. The minimum absolute atomic E-state index is 0.191. The molecule has 0 fully saturated rings. The first-order valence-electron chi connectivity index (χ1n) is 16.3. The molecule has 0 aromatic heterocycles. The smallest absolute Gasteiger partial charge is 0.145 e. The van der Waals surface area contributed by atoms with Gasteiger partial charge in [-0.15, -0.1) is 0 Å². The molecule has 6 aromatic carbocycles. The minimum atomic E-state index is -0.191. The highest BCUT2D eigenvalue weighted by atomic mass is 32.2. The van der Waals surface area contributed by atoms with Crippen molar-refractivity contribution < 1.29 is 0 Å². The Labute approximate surface area is 280 Å². The molecule has 0 bridgehead atoms. The molecule has 3 nitrogen and oxygen atoms in total. The number of nitrogens with one attached hydrogen (secondary N) is 2. The number of aryl methyl sites for hydroxylation is 2. The summed E-state index contributed by atoms with van der Waals surface area (Å²) in [6.45, 7) is 0. The third-order valence-corrected chi connectivity index (χ3v) is 10.7. The largest absolute Gasteiger partial charge is 0.368 e. The lowest BCUT2D eigenvalue weighted by Gasteiger charge is -2.27. The Morgan fingerprint density at radius 1 is 0.553 bits per heavy atom. The van der Waals surface area contributed by atoms with Gasteiger partial charge in [0.1, 0.15) is 11.5 Å². The lowest BCUT2D eigenvalue weighted by molar-refractivity contribution is 0.662. The number of fused-ring (bicyclic) bond motifs is 5. The van der Waals surface area contributed by atoms with Crippen LogP contribution in [0.5, 0.6) is 0 Å². The molecule has 4 heteroatoms. The highest BCUT2D eigenvalue weighted by Gasteiger charge is 2.30. The van der Waals surface area contributed by atoms with Crippen molar-refractivity contribution >= 4 is 28.9 Å². The highest BCUT2D eigenvalue weighted by molar-refractivity contribution is 8.00. The summed E-state index contributed by atoms with van der Waals surface area (Å²) in [7, 11) is 0. The zero-order chi connectivity index (χ0) is 31.2. The summed E-state index contributed by atoms with van der Waals surface area (Å²) in [5.41, 5.74) is 16.1. The van der Waals surface area contributed by atoms with Crippen molar-refractivity contribution in [1.82, 2.24) is 5.32 Å². The molecule has 2 aliphatic heterocycles. The van der Waals surface area contributed by atoms with Gasteiger partial charge in [-0.1, -0.05) is 151 Å². The van der Waals surface area contributed by atoms with E-state index in [1.165, 1.54) is 55.1 Å². The number of thioether (sulfide) groups is 1. The van der Waals surface area contributed by atoms with E-state index in [9.17, 15) is 0 Å². The Hall–Kier alpha value is -5.32. The highest BCUT2D eigenvalue weighted by Crippen LogP contribution is 2.53. The number of hydrogen-bond acceptors (Lipinski definition) is 4. The summed E-state index contributed by atoms with van der Waals surface area (Å²) in [6.07, 6.45) is 4.06. The van der Waals surface area contributed by atoms with Crippen molar-refractivity contribution in [2.75, 3.05) is 5.32 Å². The van der Waals surface area contributed by atoms with Gasteiger partial charge in [0, 0.05) is 16.2 Å². The van der Waals surface area contributed by atoms with Crippen LogP contribution in [0.1, 0.15) is 44.9 Å². The van der Waals surface area contributed by atoms with Gasteiger partial charge in [-0.25, -0.2) is 0 Å². The van der Waals surface area contributed by atoms with E-state index < -0.39 is 0 Å². The van der Waals surface area contributed by atoms with E-state index in [2.05, 4.69) is 162 Å². The van der Waals surface area contributed by atoms with Gasteiger partial charge in [0.15, 0.2) is 0 Å². The molecule has 2 atom stereocenters. The summed E-state index contributed by atoms with van der Waals surface area (Å²) in [4.78, 5) is 6.64. The fourth-order valence-electron chi connectivity index (χ4n) is 7.05. The average Bonchev–Trinajstić information content (AvgIpc) is 3.60. The molecule has 2 heterocycles. The van der Waals surface area contributed by atoms with Gasteiger partial charge < -0.3 is 10.6 Å². The zero-order valence-electron chi connectivity index (χ0n) is 25.9. The van der Waals surface area contributed by atoms with Crippen LogP contribution in [0.25, 0.3) is 28.0 Å². The van der Waals surface area contributed by atoms with E-state index in [0.717, 1.165) is 35.4 Å². The van der Waals surface area contributed by atoms with Crippen molar-refractivity contribution in [3.8, 4) is 22.3 Å². The maximum absolute atomic E-state index is 5.31. The van der Waals surface area contributed by atoms with Gasteiger partial charge in [0.25, 0.3) is 0 Å². The van der Waals surface area contributed by atoms with Crippen molar-refractivity contribution in [2.45, 2.75) is 29.3 Å². The van der Waals surface area contributed by atoms with Gasteiger partial charge in [0.05, 0.1) is 11.4 Å². The molecule has 2 unspecified atom stereocenters. The lowest BCUT2D eigenvalue weighted by atomic mass is 9.83. The Kier molecular flexibility index (Phi) is 7.02. The Bertz CT molecular complexity index is 2150. The summed E-state index contributed by atoms with van der Waals surface area (Å²) in [5.74, 6) is 0. The van der Waals surface area contributed by atoms with Crippen molar-refractivity contribution in [1.29, 1.82) is 0 Å². The Morgan fingerprint density at radius 2 is 1.21 bits per heavy atom. The maximum atomic E-state index is 5.31. The molecular weight excluding hydrogens is 591 g/mol. The van der Waals surface area contributed by atoms with Crippen LogP contribution in [-0.4, -0.2) is 5.71 Å². The number of aliphatic imine (C=N–C) groups is 1. The molecule has 0 saturated heterocycles. The molecule has 0 saturated carbocycles. The SMILES string of the molecule is C1=C(c2ccccc2)NC(c2ccc3c(c2)CCc2ccc4c(c2-3)NC(c2ccccc2)S4)N=C1c1ccc(-c2ccccc2)cc1. The first kappa shape index (κ1) is 27.9. The standard InChI is InChI=1S/C43H33N3S/c1-4-10-28(11-5-1)29-16-18-31(19-17-29)38-27-37(30-12-6-2-7-13-30)44-42(45-38)35-22-24-36-34(26-35)21-20-32-23-25-39-41(40(32)36)46-43(47-39)33-14-8-3-9-15-33/h1-19,22-27,42-44,46H,20-21H2. The van der Waals surface area contributed by atoms with Crippen LogP contribution in [0.15, 0.2) is 162 Å². The monoisotopic (exact) mass is 623 g/mol. The number of rotatable bonds is 5. The second-order valence-electron chi connectivity index (χ2n) is 12.4. The van der Waals surface area contributed by atoms with Gasteiger partial charge in [-0.05, 0) is 75.1 Å². The van der Waals surface area contributed by atoms with E-state index in [1.807, 2.05) is 11.8 Å². The average molecular weight is 624 g/mol. The van der Waals surface area contributed by atoms with Crippen LogP contribution in [0.4, 0.5) is 5.69 Å². The van der Waals surface area contributed by atoms with E-state index in [-0.39, 0.29) is 11.5 Å². The third-order valence-electron chi connectivity index (χ3n) is 9.47. The molecule has 1 aliphatic carbocycles. The van der Waals surface area contributed by atoms with Crippen LogP contribution in [0.2, 0.25) is 0 Å². The molecule has 3 aliphatic rings. The van der Waals surface area contributed by atoms with Gasteiger partial charge in [0.2, 0.25) is 0 Å². The summed E-state index contributed by atoms with van der Waals surface area (Å²) < 4.78 is 0. The predicted octanol–water partition coefficient (Wildman–Crippen LogP) is 10.5. The van der Waals surface area contributed by atoms with Gasteiger partial charge in [-0.3, -0.25) is 4.99 Å². The summed E-state index contributed by atoms with van der Waals surface area (Å²) in [6, 6.07) is 52.3. The summed E-state index contributed by atoms with van der Waals surface area (Å²) >= 11 is 1.91. The fraction of sp³-hybridized carbons (Fsp3) is 0.0930. The first-order valence-corrected chi connectivity index (χ1v) is 17.2. The molecular formula is C43H33N3S. The van der Waals surface area contributed by atoms with Crippen LogP contribution in [0.3, 0.4) is 0 Å².